The Labute approximate surface area is 137 Å². The minimum Gasteiger partial charge on any atom is -0.479 e. The molecule has 5 N–H and O–H groups in total. The van der Waals surface area contributed by atoms with Crippen LogP contribution in [0.4, 0.5) is 0 Å². The quantitative estimate of drug-likeness (QED) is 0.285. The summed E-state index contributed by atoms with van der Waals surface area (Å²) in [6.07, 6.45) is 0. The molecule has 1 aliphatic carbocycles. The fourth-order valence-electron chi connectivity index (χ4n) is 2.48. The number of nitrogens with one attached hydrogen (secondary N) is 1. The van der Waals surface area contributed by atoms with Crippen LogP contribution in [-0.2, 0) is 15.2 Å². The Morgan fingerprint density at radius 1 is 1.04 bits per heavy atom. The molecule has 0 saturated heterocycles. The molecule has 0 heterocycles. The van der Waals surface area contributed by atoms with Crippen LogP contribution in [0.15, 0.2) is 48.5 Å². The van der Waals surface area contributed by atoms with Crippen molar-refractivity contribution in [2.24, 2.45) is 5.84 Å². The zero-order chi connectivity index (χ0) is 17.0. The van der Waals surface area contributed by atoms with E-state index in [1.807, 2.05) is 29.7 Å². The second kappa shape index (κ2) is 6.78. The molecule has 0 aromatic heterocycles. The Hall–Kier alpha value is -2.41. The number of alkyl halides is 1. The van der Waals surface area contributed by atoms with E-state index < -0.39 is 11.6 Å². The SMILES string of the molecule is NNC(=O)CCl.O=C(O)C1(O)c2ccccc2-c2ccccc21. The molecule has 1 amide bonds. The van der Waals surface area contributed by atoms with Crippen molar-refractivity contribution < 1.29 is 19.8 Å². The smallest absolute Gasteiger partial charge is 0.345 e. The third-order valence-corrected chi connectivity index (χ3v) is 3.76. The maximum Gasteiger partial charge on any atom is 0.345 e. The van der Waals surface area contributed by atoms with E-state index in [9.17, 15) is 19.8 Å². The highest BCUT2D eigenvalue weighted by molar-refractivity contribution is 6.27. The topological polar surface area (TPSA) is 113 Å². The number of amides is 1. The van der Waals surface area contributed by atoms with Crippen LogP contribution in [0, 0.1) is 0 Å². The fourth-order valence-corrected chi connectivity index (χ4v) is 2.56. The molecule has 0 spiro atoms. The van der Waals surface area contributed by atoms with Crippen LogP contribution in [0.1, 0.15) is 11.1 Å². The molecule has 2 aromatic rings. The van der Waals surface area contributed by atoms with E-state index in [0.29, 0.717) is 11.1 Å². The molecule has 6 nitrogen and oxygen atoms in total. The summed E-state index contributed by atoms with van der Waals surface area (Å²) in [6.45, 7) is 0. The predicted octanol–water partition coefficient (Wildman–Crippen LogP) is 1.20. The van der Waals surface area contributed by atoms with Crippen molar-refractivity contribution in [1.29, 1.82) is 0 Å². The number of hydrogen-bond donors (Lipinski definition) is 4. The number of carbonyl (C=O) groups excluding carboxylic acids is 1. The van der Waals surface area contributed by atoms with Crippen LogP contribution in [0.3, 0.4) is 0 Å². The zero-order valence-electron chi connectivity index (χ0n) is 12.0. The Bertz CT molecular complexity index is 697. The summed E-state index contributed by atoms with van der Waals surface area (Å²) in [6, 6.07) is 14.1. The van der Waals surface area contributed by atoms with Gasteiger partial charge in [-0.2, -0.15) is 0 Å². The van der Waals surface area contributed by atoms with Gasteiger partial charge in [-0.1, -0.05) is 48.5 Å². The van der Waals surface area contributed by atoms with Gasteiger partial charge in [-0.15, -0.1) is 11.6 Å². The molecule has 2 aromatic carbocycles. The van der Waals surface area contributed by atoms with E-state index in [1.54, 1.807) is 24.3 Å². The van der Waals surface area contributed by atoms with Crippen LogP contribution in [-0.4, -0.2) is 28.0 Å². The van der Waals surface area contributed by atoms with Gasteiger partial charge in [0.05, 0.1) is 0 Å². The van der Waals surface area contributed by atoms with Crippen molar-refractivity contribution in [3.05, 3.63) is 59.7 Å². The molecule has 120 valence electrons. The van der Waals surface area contributed by atoms with Crippen molar-refractivity contribution in [3.63, 3.8) is 0 Å². The Kier molecular flexibility index (Phi) is 5.00. The lowest BCUT2D eigenvalue weighted by Gasteiger charge is -2.19. The molecule has 23 heavy (non-hydrogen) atoms. The van der Waals surface area contributed by atoms with Crippen molar-refractivity contribution in [3.8, 4) is 11.1 Å². The van der Waals surface area contributed by atoms with Gasteiger partial charge in [-0.3, -0.25) is 10.2 Å². The molecule has 3 rings (SSSR count). The molecule has 0 unspecified atom stereocenters. The first-order chi connectivity index (χ1) is 11.0. The van der Waals surface area contributed by atoms with Crippen LogP contribution in [0.5, 0.6) is 0 Å². The largest absolute Gasteiger partial charge is 0.479 e. The molecular formula is C16H15ClN2O4. The maximum absolute atomic E-state index is 11.4. The molecule has 0 aliphatic heterocycles. The van der Waals surface area contributed by atoms with Crippen LogP contribution >= 0.6 is 11.6 Å². The lowest BCUT2D eigenvalue weighted by Crippen LogP contribution is -2.34. The lowest BCUT2D eigenvalue weighted by atomic mass is 9.92. The third-order valence-electron chi connectivity index (χ3n) is 3.52. The van der Waals surface area contributed by atoms with Crippen molar-refractivity contribution in [2.75, 3.05) is 5.88 Å². The van der Waals surface area contributed by atoms with Gasteiger partial charge in [0.15, 0.2) is 0 Å². The van der Waals surface area contributed by atoms with Gasteiger partial charge in [0, 0.05) is 11.1 Å². The number of rotatable bonds is 2. The number of halogens is 1. The lowest BCUT2D eigenvalue weighted by molar-refractivity contribution is -0.154. The monoisotopic (exact) mass is 334 g/mol. The maximum atomic E-state index is 11.4. The number of aliphatic hydroxyl groups is 1. The Balaban J connectivity index is 0.000000277. The highest BCUT2D eigenvalue weighted by Gasteiger charge is 2.47. The minimum atomic E-state index is -1.92. The first-order valence-electron chi connectivity index (χ1n) is 6.67. The van der Waals surface area contributed by atoms with E-state index in [-0.39, 0.29) is 11.8 Å². The fraction of sp³-hybridized carbons (Fsp3) is 0.125. The third kappa shape index (κ3) is 2.92. The average molecular weight is 335 g/mol. The Morgan fingerprint density at radius 2 is 1.48 bits per heavy atom. The summed E-state index contributed by atoms with van der Waals surface area (Å²) < 4.78 is 0. The number of carboxylic acids is 1. The highest BCUT2D eigenvalue weighted by Crippen LogP contribution is 2.47. The number of aliphatic carboxylic acids is 1. The highest BCUT2D eigenvalue weighted by atomic mass is 35.5. The van der Waals surface area contributed by atoms with Crippen LogP contribution in [0.2, 0.25) is 0 Å². The minimum absolute atomic E-state index is 0.0729. The molecule has 0 bridgehead atoms. The standard InChI is InChI=1S/C14H10O3.C2H5ClN2O/c15-13(16)14(17)11-7-3-1-5-9(11)10-6-2-4-8-12(10)14;3-1-2(6)5-4/h1-8,17H,(H,15,16);1,4H2,(H,5,6). The summed E-state index contributed by atoms with van der Waals surface area (Å²) in [5, 5.41) is 19.8. The molecule has 1 aliphatic rings. The molecule has 7 heteroatoms. The predicted molar refractivity (Wildman–Crippen MR) is 85.6 cm³/mol. The van der Waals surface area contributed by atoms with Gasteiger partial charge in [0.2, 0.25) is 11.5 Å². The number of benzene rings is 2. The summed E-state index contributed by atoms with van der Waals surface area (Å²) in [7, 11) is 0. The van der Waals surface area contributed by atoms with Crippen molar-refractivity contribution in [2.45, 2.75) is 5.60 Å². The summed E-state index contributed by atoms with van der Waals surface area (Å²) >= 11 is 4.96. The van der Waals surface area contributed by atoms with Crippen molar-refractivity contribution in [1.82, 2.24) is 5.43 Å². The van der Waals surface area contributed by atoms with Crippen LogP contribution < -0.4 is 11.3 Å². The normalized spacial score (nSPS) is 13.2. The molecule has 0 atom stereocenters. The first-order valence-corrected chi connectivity index (χ1v) is 7.20. The van der Waals surface area contributed by atoms with Crippen LogP contribution in [0.25, 0.3) is 11.1 Å². The molecule has 0 fully saturated rings. The van der Waals surface area contributed by atoms with Crippen molar-refractivity contribution >= 4 is 23.5 Å². The van der Waals surface area contributed by atoms with E-state index in [4.69, 9.17) is 11.6 Å². The van der Waals surface area contributed by atoms with E-state index >= 15 is 0 Å². The number of carboxylic acid groups (broad SMARTS) is 1. The van der Waals surface area contributed by atoms with Gasteiger partial charge in [0.25, 0.3) is 0 Å². The average Bonchev–Trinajstić information content (AvgIpc) is 2.86. The van der Waals surface area contributed by atoms with E-state index in [2.05, 4.69) is 5.84 Å². The van der Waals surface area contributed by atoms with E-state index in [0.717, 1.165) is 11.1 Å². The number of carbonyl (C=O) groups is 2. The van der Waals surface area contributed by atoms with Gasteiger partial charge in [0.1, 0.15) is 5.88 Å². The molecule has 0 radical (unpaired) electrons. The second-order valence-electron chi connectivity index (χ2n) is 4.81. The summed E-state index contributed by atoms with van der Waals surface area (Å²) in [5.74, 6) is 2.92. The number of nitrogens with two attached hydrogens (primary N) is 1. The summed E-state index contributed by atoms with van der Waals surface area (Å²) in [5.41, 5.74) is 2.37. The van der Waals surface area contributed by atoms with Gasteiger partial charge in [-0.05, 0) is 11.1 Å². The first kappa shape index (κ1) is 17.0. The van der Waals surface area contributed by atoms with Gasteiger partial charge >= 0.3 is 5.97 Å². The molecule has 0 saturated carbocycles. The van der Waals surface area contributed by atoms with Gasteiger partial charge in [-0.25, -0.2) is 10.6 Å². The molecular weight excluding hydrogens is 320 g/mol. The number of hydrazine groups is 1. The number of fused-ring (bicyclic) bond motifs is 3. The van der Waals surface area contributed by atoms with E-state index in [1.165, 1.54) is 0 Å². The summed E-state index contributed by atoms with van der Waals surface area (Å²) in [4.78, 5) is 21.2. The zero-order valence-corrected chi connectivity index (χ0v) is 12.7. The second-order valence-corrected chi connectivity index (χ2v) is 5.08. The van der Waals surface area contributed by atoms with Gasteiger partial charge < -0.3 is 10.2 Å². The Morgan fingerprint density at radius 3 is 1.78 bits per heavy atom. The number of hydrogen-bond acceptors (Lipinski definition) is 4.